The van der Waals surface area contributed by atoms with Gasteiger partial charge in [0.15, 0.2) is 0 Å². The van der Waals surface area contributed by atoms with E-state index in [2.05, 4.69) is 17.9 Å². The first kappa shape index (κ1) is 17.0. The van der Waals surface area contributed by atoms with Crippen LogP contribution in [0.1, 0.15) is 71.1 Å². The van der Waals surface area contributed by atoms with Crippen LogP contribution in [-0.4, -0.2) is 45.9 Å². The zero-order chi connectivity index (χ0) is 15.1. The van der Waals surface area contributed by atoms with E-state index in [0.29, 0.717) is 12.1 Å². The van der Waals surface area contributed by atoms with Gasteiger partial charge in [-0.2, -0.15) is 0 Å². The minimum Gasteiger partial charge on any atom is -0.391 e. The Morgan fingerprint density at radius 1 is 1.29 bits per heavy atom. The molecule has 0 aromatic carbocycles. The minimum absolute atomic E-state index is 0.110. The van der Waals surface area contributed by atoms with Gasteiger partial charge in [0, 0.05) is 12.1 Å². The molecule has 0 amide bonds. The summed E-state index contributed by atoms with van der Waals surface area (Å²) >= 11 is 0. The summed E-state index contributed by atoms with van der Waals surface area (Å²) in [4.78, 5) is 2.51. The predicted molar refractivity (Wildman–Crippen MR) is 87.3 cm³/mol. The second-order valence-electron chi connectivity index (χ2n) is 6.83. The standard InChI is InChI=1S/C18H33NO2/c1-2-3-4-5-6-10-16(20)11-7-9-15-14-18(21)17-12-8-13-19(15)17/h6,10,15-18,20-21H,2-5,7-9,11-14H2,1H3/b10-6+/t15-,16?,17-,18-/m0/s1. The summed E-state index contributed by atoms with van der Waals surface area (Å²) in [7, 11) is 0. The van der Waals surface area contributed by atoms with Gasteiger partial charge < -0.3 is 10.2 Å². The number of aliphatic hydroxyl groups is 2. The topological polar surface area (TPSA) is 43.7 Å². The van der Waals surface area contributed by atoms with E-state index in [9.17, 15) is 10.2 Å². The summed E-state index contributed by atoms with van der Waals surface area (Å²) in [6.45, 7) is 3.37. The predicted octanol–water partition coefficient (Wildman–Crippen LogP) is 3.25. The Balaban J connectivity index is 1.58. The molecule has 3 heteroatoms. The fourth-order valence-electron chi connectivity index (χ4n) is 3.96. The van der Waals surface area contributed by atoms with Crippen LogP contribution < -0.4 is 0 Å². The molecule has 0 bridgehead atoms. The van der Waals surface area contributed by atoms with Crippen LogP contribution in [0.3, 0.4) is 0 Å². The van der Waals surface area contributed by atoms with Gasteiger partial charge in [0.05, 0.1) is 12.2 Å². The Bertz CT molecular complexity index is 318. The number of aliphatic hydroxyl groups excluding tert-OH is 2. The van der Waals surface area contributed by atoms with Crippen molar-refractivity contribution in [1.82, 2.24) is 4.90 Å². The lowest BCUT2D eigenvalue weighted by Crippen LogP contribution is -2.33. The van der Waals surface area contributed by atoms with E-state index in [1.165, 1.54) is 32.1 Å². The summed E-state index contributed by atoms with van der Waals surface area (Å²) in [6, 6.07) is 0.978. The van der Waals surface area contributed by atoms with Crippen LogP contribution in [0.2, 0.25) is 0 Å². The van der Waals surface area contributed by atoms with E-state index < -0.39 is 0 Å². The number of rotatable bonds is 9. The average Bonchev–Trinajstić information content (AvgIpc) is 3.04. The quantitative estimate of drug-likeness (QED) is 0.507. The fraction of sp³-hybridized carbons (Fsp3) is 0.889. The molecule has 2 saturated heterocycles. The highest BCUT2D eigenvalue weighted by atomic mass is 16.3. The number of allylic oxidation sites excluding steroid dienone is 1. The van der Waals surface area contributed by atoms with Crippen molar-refractivity contribution in [1.29, 1.82) is 0 Å². The maximum Gasteiger partial charge on any atom is 0.0720 e. The average molecular weight is 295 g/mol. The number of nitrogens with zero attached hydrogens (tertiary/aromatic N) is 1. The Hall–Kier alpha value is -0.380. The van der Waals surface area contributed by atoms with Crippen molar-refractivity contribution in [2.45, 2.75) is 95.4 Å². The van der Waals surface area contributed by atoms with Crippen molar-refractivity contribution < 1.29 is 10.2 Å². The van der Waals surface area contributed by atoms with Gasteiger partial charge in [-0.1, -0.05) is 31.9 Å². The molecule has 1 unspecified atom stereocenters. The number of fused-ring (bicyclic) bond motifs is 1. The molecule has 2 N–H and O–H groups in total. The minimum atomic E-state index is -0.285. The van der Waals surface area contributed by atoms with Crippen LogP contribution in [0, 0.1) is 0 Å². The molecule has 4 atom stereocenters. The summed E-state index contributed by atoms with van der Waals surface area (Å²) < 4.78 is 0. The molecule has 2 rings (SSSR count). The monoisotopic (exact) mass is 295 g/mol. The van der Waals surface area contributed by atoms with Crippen LogP contribution in [0.5, 0.6) is 0 Å². The second-order valence-corrected chi connectivity index (χ2v) is 6.83. The van der Waals surface area contributed by atoms with E-state index in [0.717, 1.165) is 38.6 Å². The molecular weight excluding hydrogens is 262 g/mol. The van der Waals surface area contributed by atoms with E-state index >= 15 is 0 Å². The van der Waals surface area contributed by atoms with E-state index in [1.807, 2.05) is 6.08 Å². The van der Waals surface area contributed by atoms with Crippen molar-refractivity contribution in [2.24, 2.45) is 0 Å². The molecule has 2 aliphatic rings. The zero-order valence-electron chi connectivity index (χ0n) is 13.6. The molecule has 122 valence electrons. The van der Waals surface area contributed by atoms with Gasteiger partial charge in [0.2, 0.25) is 0 Å². The molecular formula is C18H33NO2. The number of hydrogen-bond donors (Lipinski definition) is 2. The highest BCUT2D eigenvalue weighted by molar-refractivity contribution is 4.97. The van der Waals surface area contributed by atoms with Gasteiger partial charge in [-0.05, 0) is 57.9 Å². The highest BCUT2D eigenvalue weighted by Crippen LogP contribution is 2.34. The zero-order valence-corrected chi connectivity index (χ0v) is 13.6. The maximum atomic E-state index is 10.1. The lowest BCUT2D eigenvalue weighted by atomic mass is 10.0. The normalized spacial score (nSPS) is 31.1. The third-order valence-electron chi connectivity index (χ3n) is 5.14. The van der Waals surface area contributed by atoms with Crippen molar-refractivity contribution in [3.05, 3.63) is 12.2 Å². The number of unbranched alkanes of at least 4 members (excludes halogenated alkanes) is 3. The van der Waals surface area contributed by atoms with Crippen molar-refractivity contribution >= 4 is 0 Å². The van der Waals surface area contributed by atoms with Gasteiger partial charge in [-0.15, -0.1) is 0 Å². The third-order valence-corrected chi connectivity index (χ3v) is 5.14. The van der Waals surface area contributed by atoms with E-state index in [4.69, 9.17) is 0 Å². The van der Waals surface area contributed by atoms with E-state index in [-0.39, 0.29) is 12.2 Å². The lowest BCUT2D eigenvalue weighted by molar-refractivity contribution is 0.133. The molecule has 0 aromatic heterocycles. The molecule has 0 aliphatic carbocycles. The van der Waals surface area contributed by atoms with Gasteiger partial charge in [-0.25, -0.2) is 0 Å². The van der Waals surface area contributed by atoms with Crippen LogP contribution in [0.25, 0.3) is 0 Å². The molecule has 0 saturated carbocycles. The van der Waals surface area contributed by atoms with Crippen LogP contribution in [-0.2, 0) is 0 Å². The first-order valence-corrected chi connectivity index (χ1v) is 9.01. The fourth-order valence-corrected chi connectivity index (χ4v) is 3.96. The first-order valence-electron chi connectivity index (χ1n) is 9.01. The molecule has 21 heavy (non-hydrogen) atoms. The van der Waals surface area contributed by atoms with Gasteiger partial charge in [-0.3, -0.25) is 4.90 Å². The van der Waals surface area contributed by atoms with Crippen LogP contribution >= 0.6 is 0 Å². The Morgan fingerprint density at radius 2 is 2.14 bits per heavy atom. The van der Waals surface area contributed by atoms with Crippen molar-refractivity contribution in [2.75, 3.05) is 6.54 Å². The molecule has 0 spiro atoms. The Labute approximate surface area is 130 Å². The second kappa shape index (κ2) is 8.92. The highest BCUT2D eigenvalue weighted by Gasteiger charge is 2.42. The van der Waals surface area contributed by atoms with Gasteiger partial charge in [0.1, 0.15) is 0 Å². The van der Waals surface area contributed by atoms with Crippen molar-refractivity contribution in [3.63, 3.8) is 0 Å². The van der Waals surface area contributed by atoms with Crippen molar-refractivity contribution in [3.8, 4) is 0 Å². The Morgan fingerprint density at radius 3 is 2.95 bits per heavy atom. The van der Waals surface area contributed by atoms with Gasteiger partial charge in [0.25, 0.3) is 0 Å². The SMILES string of the molecule is CCCCC/C=C/C(O)CCC[C@H]1C[C@H](O)[C@@H]2CCCN12. The molecule has 0 aromatic rings. The lowest BCUT2D eigenvalue weighted by Gasteiger charge is -2.23. The largest absolute Gasteiger partial charge is 0.391 e. The molecule has 2 aliphatic heterocycles. The van der Waals surface area contributed by atoms with Crippen LogP contribution in [0.15, 0.2) is 12.2 Å². The molecule has 2 fully saturated rings. The van der Waals surface area contributed by atoms with Crippen LogP contribution in [0.4, 0.5) is 0 Å². The Kier molecular flexibility index (Phi) is 7.21. The summed E-state index contributed by atoms with van der Waals surface area (Å²) in [5.74, 6) is 0. The molecule has 3 nitrogen and oxygen atoms in total. The van der Waals surface area contributed by atoms with E-state index in [1.54, 1.807) is 0 Å². The number of hydrogen-bond acceptors (Lipinski definition) is 3. The van der Waals surface area contributed by atoms with Gasteiger partial charge >= 0.3 is 0 Å². The first-order chi connectivity index (χ1) is 10.2. The smallest absolute Gasteiger partial charge is 0.0720 e. The molecule has 2 heterocycles. The maximum absolute atomic E-state index is 10.1. The summed E-state index contributed by atoms with van der Waals surface area (Å²) in [6.07, 6.45) is 14.9. The molecule has 0 radical (unpaired) electrons. The summed E-state index contributed by atoms with van der Waals surface area (Å²) in [5, 5.41) is 20.0. The summed E-state index contributed by atoms with van der Waals surface area (Å²) in [5.41, 5.74) is 0. The third kappa shape index (κ3) is 5.08.